The lowest BCUT2D eigenvalue weighted by Gasteiger charge is -2.27. The van der Waals surface area contributed by atoms with Crippen molar-refractivity contribution in [2.45, 2.75) is 134 Å². The van der Waals surface area contributed by atoms with Gasteiger partial charge in [0, 0.05) is 19.4 Å². The number of nitrogens with two attached hydrogens (primary N) is 3. The molecule has 0 aromatic heterocycles. The van der Waals surface area contributed by atoms with E-state index in [0.29, 0.717) is 11.1 Å². The number of nitrogens with one attached hydrogen (secondary N) is 9. The molecule has 436 valence electrons. The number of carbonyl (C=O) groups excluding carboxylic acids is 9. The van der Waals surface area contributed by atoms with Crippen LogP contribution in [0.5, 0.6) is 11.5 Å². The molecule has 2 aromatic rings. The van der Waals surface area contributed by atoms with Crippen molar-refractivity contribution in [3.05, 3.63) is 59.7 Å². The number of hydrogen-bond donors (Lipinski definition) is 17. The molecule has 29 nitrogen and oxygen atoms in total. The molecule has 0 spiro atoms. The number of guanidine groups is 1. The molecule has 2 rings (SSSR count). The maximum atomic E-state index is 13.9. The van der Waals surface area contributed by atoms with Crippen molar-refractivity contribution in [3.8, 4) is 11.5 Å². The van der Waals surface area contributed by atoms with Crippen molar-refractivity contribution in [2.24, 2.45) is 34.0 Å². The van der Waals surface area contributed by atoms with Gasteiger partial charge in [-0.3, -0.25) is 52.9 Å². The van der Waals surface area contributed by atoms with Crippen LogP contribution in [0, 0.1) is 11.8 Å². The number of aromatic hydroxyl groups is 2. The number of benzene rings is 2. The summed E-state index contributed by atoms with van der Waals surface area (Å²) in [5.74, 6) is -12.8. The van der Waals surface area contributed by atoms with E-state index < -0.39 is 145 Å². The van der Waals surface area contributed by atoms with Gasteiger partial charge >= 0.3 is 11.9 Å². The number of aliphatic hydroxyl groups excluding tert-OH is 1. The summed E-state index contributed by atoms with van der Waals surface area (Å²) in [4.78, 5) is 148. The zero-order valence-electron chi connectivity index (χ0n) is 44.7. The van der Waals surface area contributed by atoms with Gasteiger partial charge in [-0.25, -0.2) is 4.79 Å². The molecule has 0 fully saturated rings. The molecule has 79 heavy (non-hydrogen) atoms. The van der Waals surface area contributed by atoms with Gasteiger partial charge in [0.2, 0.25) is 53.2 Å². The van der Waals surface area contributed by atoms with Gasteiger partial charge in [0.1, 0.15) is 59.8 Å². The number of nitrogens with zero attached hydrogens (tertiary/aromatic N) is 1. The number of aliphatic imine (C=N–C) groups is 1. The molecular formula is C50H75N13O16. The van der Waals surface area contributed by atoms with Crippen LogP contribution in [0.2, 0.25) is 0 Å². The Balaban J connectivity index is 2.22. The van der Waals surface area contributed by atoms with Gasteiger partial charge in [0.15, 0.2) is 5.96 Å². The van der Waals surface area contributed by atoms with Crippen LogP contribution in [0.1, 0.15) is 78.4 Å². The van der Waals surface area contributed by atoms with Crippen LogP contribution >= 0.6 is 0 Å². The van der Waals surface area contributed by atoms with Gasteiger partial charge in [-0.05, 0) is 80.3 Å². The average molecular weight is 1110 g/mol. The van der Waals surface area contributed by atoms with Crippen molar-refractivity contribution in [2.75, 3.05) is 19.7 Å². The Morgan fingerprint density at radius 3 is 1.52 bits per heavy atom. The summed E-state index contributed by atoms with van der Waals surface area (Å²) in [7, 11) is 0. The number of aliphatic hydroxyl groups is 1. The molecule has 0 bridgehead atoms. The third-order valence-corrected chi connectivity index (χ3v) is 11.6. The second-order valence-electron chi connectivity index (χ2n) is 19.3. The summed E-state index contributed by atoms with van der Waals surface area (Å²) in [5, 5.41) is 70.5. The van der Waals surface area contributed by atoms with Crippen molar-refractivity contribution >= 4 is 71.1 Å². The summed E-state index contributed by atoms with van der Waals surface area (Å²) in [6.45, 7) is 7.51. The first-order valence-corrected chi connectivity index (χ1v) is 25.1. The molecule has 20 N–H and O–H groups in total. The van der Waals surface area contributed by atoms with Gasteiger partial charge in [0.05, 0.1) is 25.6 Å². The topological polar surface area (TPSA) is 488 Å². The lowest BCUT2D eigenvalue weighted by Crippen LogP contribution is -2.60. The molecule has 0 unspecified atom stereocenters. The van der Waals surface area contributed by atoms with Gasteiger partial charge < -0.3 is 90.6 Å². The van der Waals surface area contributed by atoms with Gasteiger partial charge in [-0.15, -0.1) is 0 Å². The number of carboxylic acid groups (broad SMARTS) is 2. The van der Waals surface area contributed by atoms with E-state index in [0.717, 1.165) is 0 Å². The van der Waals surface area contributed by atoms with Crippen molar-refractivity contribution < 1.29 is 78.3 Å². The lowest BCUT2D eigenvalue weighted by molar-refractivity contribution is -0.143. The van der Waals surface area contributed by atoms with E-state index in [1.165, 1.54) is 76.2 Å². The fraction of sp³-hybridized carbons (Fsp3) is 0.520. The number of phenols is 2. The second kappa shape index (κ2) is 32.9. The van der Waals surface area contributed by atoms with E-state index in [9.17, 15) is 78.3 Å². The number of carboxylic acids is 2. The van der Waals surface area contributed by atoms with Gasteiger partial charge in [-0.1, -0.05) is 52.0 Å². The second-order valence-corrected chi connectivity index (χ2v) is 19.3. The van der Waals surface area contributed by atoms with E-state index in [2.05, 4.69) is 52.8 Å². The standard InChI is InChI=1S/C50H75N13O16/c1-24(2)18-33(59-44(73)32(58-41(70)26(5)51)8-7-17-54-50(52)53)43(72)55-22-38(67)57-37(23-64)47(76)60-34(19-28-9-13-30(65)14-10-28)45(74)56-27(6)42(71)63-40(25(3)4)48(77)61-35(21-39(68)69)46(75)62-36(49(78)79)20-29-11-15-31(66)16-12-29/h9-16,24-27,32-37,40,64-66H,7-8,17-23,51H2,1-6H3,(H,55,72)(H,56,74)(H,57,67)(H,58,70)(H,59,73)(H,60,76)(H,61,77)(H,62,75)(H,63,71)(H,68,69)(H,78,79)(H4,52,53,54)/t26-,27-,32-,33-,34-,35-,36-,37-,40-/m0/s1. The average Bonchev–Trinajstić information content (AvgIpc) is 3.37. The molecule has 0 aliphatic rings. The Hall–Kier alpha value is -8.60. The number of rotatable bonds is 33. The predicted octanol–water partition coefficient (Wildman–Crippen LogP) is -4.45. The largest absolute Gasteiger partial charge is 0.508 e. The van der Waals surface area contributed by atoms with Crippen molar-refractivity contribution in [3.63, 3.8) is 0 Å². The highest BCUT2D eigenvalue weighted by atomic mass is 16.4. The number of hydrogen-bond acceptors (Lipinski definition) is 16. The Morgan fingerprint density at radius 2 is 1.03 bits per heavy atom. The number of phenolic OH excluding ortho intramolecular Hbond substituents is 2. The van der Waals surface area contributed by atoms with E-state index in [1.807, 2.05) is 0 Å². The maximum Gasteiger partial charge on any atom is 0.326 e. The highest BCUT2D eigenvalue weighted by Gasteiger charge is 2.35. The van der Waals surface area contributed by atoms with Gasteiger partial charge in [0.25, 0.3) is 0 Å². The Morgan fingerprint density at radius 1 is 0.544 bits per heavy atom. The minimum Gasteiger partial charge on any atom is -0.508 e. The molecule has 29 heteroatoms. The van der Waals surface area contributed by atoms with Crippen LogP contribution in [-0.4, -0.2) is 171 Å². The summed E-state index contributed by atoms with van der Waals surface area (Å²) >= 11 is 0. The smallest absolute Gasteiger partial charge is 0.326 e. The summed E-state index contributed by atoms with van der Waals surface area (Å²) < 4.78 is 0. The summed E-state index contributed by atoms with van der Waals surface area (Å²) in [6.07, 6.45) is -1.16. The molecule has 0 radical (unpaired) electrons. The first-order chi connectivity index (χ1) is 37.0. The number of amides is 9. The zero-order chi connectivity index (χ0) is 59.7. The molecule has 9 atom stereocenters. The molecule has 0 saturated heterocycles. The minimum atomic E-state index is -1.83. The van der Waals surface area contributed by atoms with Crippen LogP contribution in [0.15, 0.2) is 53.5 Å². The Bertz CT molecular complexity index is 2470. The van der Waals surface area contributed by atoms with Crippen LogP contribution in [0.4, 0.5) is 0 Å². The van der Waals surface area contributed by atoms with Crippen LogP contribution < -0.4 is 65.1 Å². The molecule has 0 aliphatic heterocycles. The third kappa shape index (κ3) is 24.5. The van der Waals surface area contributed by atoms with Crippen LogP contribution in [0.25, 0.3) is 0 Å². The minimum absolute atomic E-state index is 0.0606. The molecule has 0 aliphatic carbocycles. The highest BCUT2D eigenvalue weighted by molar-refractivity contribution is 5.98. The molecular weight excluding hydrogens is 1040 g/mol. The van der Waals surface area contributed by atoms with Crippen LogP contribution in [-0.2, 0) is 65.6 Å². The number of carbonyl (C=O) groups is 11. The predicted molar refractivity (Wildman–Crippen MR) is 283 cm³/mol. The van der Waals surface area contributed by atoms with Crippen molar-refractivity contribution in [1.29, 1.82) is 0 Å². The zero-order valence-corrected chi connectivity index (χ0v) is 44.7. The number of aliphatic carboxylic acids is 2. The maximum absolute atomic E-state index is 13.9. The first-order valence-electron chi connectivity index (χ1n) is 25.1. The fourth-order valence-electron chi connectivity index (χ4n) is 7.31. The SMILES string of the molecule is CC(C)C[C@H](NC(=O)[C@H](CCCN=C(N)N)NC(=O)[C@H](C)N)C(=O)NCC(=O)N[C@@H](CO)C(=O)N[C@@H](Cc1ccc(O)cc1)C(=O)N[C@@H](C)C(=O)N[C@H](C(=O)N[C@@H](CC(=O)O)C(=O)N[C@@H](Cc1ccc(O)cc1)C(=O)O)C(C)C. The monoisotopic (exact) mass is 1110 g/mol. The molecule has 0 heterocycles. The lowest BCUT2D eigenvalue weighted by atomic mass is 10.0. The first kappa shape index (κ1) is 66.5. The van der Waals surface area contributed by atoms with Gasteiger partial charge in [-0.2, -0.15) is 0 Å². The van der Waals surface area contributed by atoms with E-state index >= 15 is 0 Å². The van der Waals surface area contributed by atoms with E-state index in [-0.39, 0.29) is 62.0 Å². The molecule has 2 aromatic carbocycles. The Kier molecular flexibility index (Phi) is 27.7. The van der Waals surface area contributed by atoms with E-state index in [4.69, 9.17) is 17.2 Å². The quantitative estimate of drug-likeness (QED) is 0.0182. The third-order valence-electron chi connectivity index (χ3n) is 11.6. The molecule has 0 saturated carbocycles. The highest BCUT2D eigenvalue weighted by Crippen LogP contribution is 2.14. The molecule has 9 amide bonds. The summed E-state index contributed by atoms with van der Waals surface area (Å²) in [5.41, 5.74) is 17.2. The fourth-order valence-corrected chi connectivity index (χ4v) is 7.31. The normalized spacial score (nSPS) is 14.4. The van der Waals surface area contributed by atoms with Crippen LogP contribution in [0.3, 0.4) is 0 Å². The summed E-state index contributed by atoms with van der Waals surface area (Å²) in [6, 6.07) is -2.13. The Labute approximate surface area is 455 Å². The van der Waals surface area contributed by atoms with E-state index in [1.54, 1.807) is 13.8 Å². The van der Waals surface area contributed by atoms with Crippen molar-refractivity contribution in [1.82, 2.24) is 47.9 Å².